The Morgan fingerprint density at radius 3 is 2.24 bits per heavy atom. The third-order valence-electron chi connectivity index (χ3n) is 5.64. The van der Waals surface area contributed by atoms with E-state index in [-0.39, 0.29) is 23.3 Å². The topological polar surface area (TPSA) is 97.3 Å². The van der Waals surface area contributed by atoms with Crippen LogP contribution >= 0.6 is 11.8 Å². The predicted octanol–water partition coefficient (Wildman–Crippen LogP) is 5.21. The van der Waals surface area contributed by atoms with E-state index < -0.39 is 5.97 Å². The molecule has 0 unspecified atom stereocenters. The molecule has 0 atom stereocenters. The molecule has 0 aliphatic carbocycles. The first kappa shape index (κ1) is 26.7. The molecule has 0 fully saturated rings. The third kappa shape index (κ3) is 6.30. The van der Waals surface area contributed by atoms with Crippen molar-refractivity contribution in [1.29, 1.82) is 0 Å². The lowest BCUT2D eigenvalue weighted by Gasteiger charge is -2.19. The van der Waals surface area contributed by atoms with Crippen LogP contribution in [0.1, 0.15) is 27.0 Å². The molecule has 1 aliphatic heterocycles. The Bertz CT molecular complexity index is 1410. The molecule has 3 aromatic rings. The number of amidine groups is 1. The molecule has 0 aromatic heterocycles. The molecule has 1 heterocycles. The summed E-state index contributed by atoms with van der Waals surface area (Å²) in [5.74, 6) is -0.252. The summed E-state index contributed by atoms with van der Waals surface area (Å²) in [5.41, 5.74) is 4.72. The normalized spacial score (nSPS) is 13.9. The van der Waals surface area contributed by atoms with Crippen molar-refractivity contribution >= 4 is 52.2 Å². The first-order valence-corrected chi connectivity index (χ1v) is 12.7. The number of nitrogens with zero attached hydrogens (tertiary/aromatic N) is 2. The fourth-order valence-corrected chi connectivity index (χ4v) is 4.71. The maximum absolute atomic E-state index is 13.5. The molecular formula is C29H27N3O5S. The van der Waals surface area contributed by atoms with E-state index in [1.54, 1.807) is 42.4 Å². The quantitative estimate of drug-likeness (QED) is 0.333. The molecule has 3 aromatic carbocycles. The van der Waals surface area contributed by atoms with Crippen molar-refractivity contribution in [3.8, 4) is 5.75 Å². The summed E-state index contributed by atoms with van der Waals surface area (Å²) in [6.07, 6.45) is 1.72. The lowest BCUT2D eigenvalue weighted by atomic mass is 10.1. The molecule has 38 heavy (non-hydrogen) atoms. The predicted molar refractivity (Wildman–Crippen MR) is 151 cm³/mol. The highest BCUT2D eigenvalue weighted by Crippen LogP contribution is 2.31. The van der Waals surface area contributed by atoms with Crippen molar-refractivity contribution in [2.75, 3.05) is 30.2 Å². The number of benzene rings is 3. The number of rotatable bonds is 7. The van der Waals surface area contributed by atoms with Crippen molar-refractivity contribution in [2.45, 2.75) is 13.8 Å². The van der Waals surface area contributed by atoms with Crippen molar-refractivity contribution < 1.29 is 23.9 Å². The highest BCUT2D eigenvalue weighted by molar-refractivity contribution is 8.14. The molecule has 8 nitrogen and oxygen atoms in total. The fraction of sp³-hybridized carbons (Fsp3) is 0.172. The van der Waals surface area contributed by atoms with E-state index in [4.69, 9.17) is 9.47 Å². The summed E-state index contributed by atoms with van der Waals surface area (Å²) in [7, 11) is 2.90. The number of thioether (sulfide) groups is 1. The smallest absolute Gasteiger partial charge is 0.337 e. The van der Waals surface area contributed by atoms with Gasteiger partial charge in [0.25, 0.3) is 5.91 Å². The molecule has 2 amide bonds. The van der Waals surface area contributed by atoms with Crippen molar-refractivity contribution in [3.05, 3.63) is 94.7 Å². The van der Waals surface area contributed by atoms with Gasteiger partial charge in [0.15, 0.2) is 5.17 Å². The minimum absolute atomic E-state index is 0.0297. The molecule has 1 N–H and O–H groups in total. The summed E-state index contributed by atoms with van der Waals surface area (Å²) in [4.78, 5) is 43.9. The lowest BCUT2D eigenvalue weighted by molar-refractivity contribution is -0.114. The molecule has 0 bridgehead atoms. The zero-order valence-electron chi connectivity index (χ0n) is 21.5. The SMILES string of the molecule is COC(=O)c1ccc(NC(=O)CSC2=N/C(=C\c3ccc(OC)cc3)C(=O)N2c2cc(C)cc(C)c2)cc1. The Hall–Kier alpha value is -4.37. The van der Waals surface area contributed by atoms with E-state index in [0.717, 1.165) is 16.7 Å². The van der Waals surface area contributed by atoms with Gasteiger partial charge in [-0.2, -0.15) is 0 Å². The number of aryl methyl sites for hydroxylation is 2. The van der Waals surface area contributed by atoms with Gasteiger partial charge in [-0.1, -0.05) is 30.0 Å². The van der Waals surface area contributed by atoms with E-state index in [2.05, 4.69) is 10.3 Å². The summed E-state index contributed by atoms with van der Waals surface area (Å²) in [6, 6.07) is 19.6. The number of hydrogen-bond acceptors (Lipinski definition) is 7. The van der Waals surface area contributed by atoms with Crippen LogP contribution in [0, 0.1) is 13.8 Å². The van der Waals surface area contributed by atoms with E-state index in [0.29, 0.717) is 27.9 Å². The van der Waals surface area contributed by atoms with Crippen LogP contribution in [-0.4, -0.2) is 42.9 Å². The summed E-state index contributed by atoms with van der Waals surface area (Å²) >= 11 is 1.17. The van der Waals surface area contributed by atoms with Crippen LogP contribution < -0.4 is 15.0 Å². The minimum atomic E-state index is -0.452. The monoisotopic (exact) mass is 529 g/mol. The Morgan fingerprint density at radius 2 is 1.63 bits per heavy atom. The number of amides is 2. The van der Waals surface area contributed by atoms with Gasteiger partial charge in [0.2, 0.25) is 5.91 Å². The van der Waals surface area contributed by atoms with Crippen LogP contribution in [0.15, 0.2) is 77.4 Å². The third-order valence-corrected chi connectivity index (χ3v) is 6.57. The molecule has 0 spiro atoms. The second kappa shape index (κ2) is 11.8. The van der Waals surface area contributed by atoms with Crippen LogP contribution in [0.3, 0.4) is 0 Å². The zero-order chi connectivity index (χ0) is 27.2. The van der Waals surface area contributed by atoms with Crippen molar-refractivity contribution in [3.63, 3.8) is 0 Å². The zero-order valence-corrected chi connectivity index (χ0v) is 22.3. The fourth-order valence-electron chi connectivity index (χ4n) is 3.89. The van der Waals surface area contributed by atoms with Crippen LogP contribution in [-0.2, 0) is 14.3 Å². The number of nitrogens with one attached hydrogen (secondary N) is 1. The summed E-state index contributed by atoms with van der Waals surface area (Å²) in [6.45, 7) is 3.93. The average molecular weight is 530 g/mol. The first-order valence-electron chi connectivity index (χ1n) is 11.8. The lowest BCUT2D eigenvalue weighted by Crippen LogP contribution is -2.31. The number of esters is 1. The molecular weight excluding hydrogens is 502 g/mol. The summed E-state index contributed by atoms with van der Waals surface area (Å²) < 4.78 is 9.90. The van der Waals surface area contributed by atoms with Gasteiger partial charge >= 0.3 is 5.97 Å². The van der Waals surface area contributed by atoms with E-state index in [1.807, 2.05) is 56.3 Å². The van der Waals surface area contributed by atoms with Crippen LogP contribution in [0.2, 0.25) is 0 Å². The highest BCUT2D eigenvalue weighted by atomic mass is 32.2. The van der Waals surface area contributed by atoms with E-state index >= 15 is 0 Å². The largest absolute Gasteiger partial charge is 0.497 e. The summed E-state index contributed by atoms with van der Waals surface area (Å²) in [5, 5.41) is 3.21. The molecule has 194 valence electrons. The standard InChI is InChI=1S/C29H27N3O5S/c1-18-13-19(2)15-23(14-18)32-27(34)25(16-20-5-11-24(36-3)12-6-20)31-29(32)38-17-26(33)30-22-9-7-21(8-10-22)28(35)37-4/h5-16H,17H2,1-4H3,(H,30,33)/b25-16-. The van der Waals surface area contributed by atoms with Gasteiger partial charge in [0.1, 0.15) is 11.4 Å². The Labute approximate surface area is 225 Å². The molecule has 0 saturated carbocycles. The van der Waals surface area contributed by atoms with Crippen molar-refractivity contribution in [1.82, 2.24) is 0 Å². The Kier molecular flexibility index (Phi) is 8.28. The van der Waals surface area contributed by atoms with Gasteiger partial charge in [-0.25, -0.2) is 9.79 Å². The van der Waals surface area contributed by atoms with Gasteiger partial charge in [-0.15, -0.1) is 0 Å². The molecule has 9 heteroatoms. The minimum Gasteiger partial charge on any atom is -0.497 e. The second-order valence-corrected chi connectivity index (χ2v) is 9.53. The van der Waals surface area contributed by atoms with E-state index in [9.17, 15) is 14.4 Å². The maximum atomic E-state index is 13.5. The number of carbonyl (C=O) groups excluding carboxylic acids is 3. The number of aliphatic imine (C=N–C) groups is 1. The number of ether oxygens (including phenoxy) is 2. The van der Waals surface area contributed by atoms with Crippen LogP contribution in [0.4, 0.5) is 11.4 Å². The molecule has 1 aliphatic rings. The Morgan fingerprint density at radius 1 is 0.974 bits per heavy atom. The van der Waals surface area contributed by atoms with Crippen LogP contribution in [0.5, 0.6) is 5.75 Å². The van der Waals surface area contributed by atoms with Crippen LogP contribution in [0.25, 0.3) is 6.08 Å². The first-order chi connectivity index (χ1) is 18.3. The van der Waals surface area contributed by atoms with Crippen molar-refractivity contribution in [2.24, 2.45) is 4.99 Å². The number of methoxy groups -OCH3 is 2. The Balaban J connectivity index is 1.55. The number of hydrogen-bond donors (Lipinski definition) is 1. The molecule has 0 saturated heterocycles. The number of anilines is 2. The maximum Gasteiger partial charge on any atom is 0.337 e. The number of carbonyl (C=O) groups is 3. The molecule has 0 radical (unpaired) electrons. The average Bonchev–Trinajstić information content (AvgIpc) is 3.22. The second-order valence-electron chi connectivity index (χ2n) is 8.59. The van der Waals surface area contributed by atoms with Gasteiger partial charge in [-0.05, 0) is 85.1 Å². The van der Waals surface area contributed by atoms with Gasteiger partial charge in [0.05, 0.1) is 31.2 Å². The highest BCUT2D eigenvalue weighted by Gasteiger charge is 2.32. The van der Waals surface area contributed by atoms with Gasteiger partial charge < -0.3 is 14.8 Å². The van der Waals surface area contributed by atoms with E-state index in [1.165, 1.54) is 18.9 Å². The van der Waals surface area contributed by atoms with Gasteiger partial charge in [0, 0.05) is 5.69 Å². The van der Waals surface area contributed by atoms with Gasteiger partial charge in [-0.3, -0.25) is 14.5 Å². The molecule has 4 rings (SSSR count).